The molecule has 70 valence electrons. The Hall–Kier alpha value is -0.610. The van der Waals surface area contributed by atoms with Gasteiger partial charge in [-0.3, -0.25) is 4.98 Å². The van der Waals surface area contributed by atoms with Crippen LogP contribution in [0.25, 0.3) is 11.3 Å². The molecule has 0 aliphatic carbocycles. The lowest BCUT2D eigenvalue weighted by Gasteiger charge is -2.01. The van der Waals surface area contributed by atoms with Gasteiger partial charge in [0.05, 0.1) is 12.1 Å². The first-order chi connectivity index (χ1) is 7.20. The van der Waals surface area contributed by atoms with E-state index in [1.54, 1.807) is 6.20 Å². The van der Waals surface area contributed by atoms with Gasteiger partial charge in [0.15, 0.2) is 0 Å². The molecule has 3 heteroatoms. The first-order valence-corrected chi connectivity index (χ1v) is 5.52. The molecule has 1 aromatic heterocycles. The molecule has 0 aliphatic heterocycles. The molecule has 1 heterocycles. The van der Waals surface area contributed by atoms with E-state index in [2.05, 4.69) is 27.6 Å². The maximum Gasteiger partial charge on any atom is 0.0702 e. The minimum absolute atomic E-state index is 0.335. The van der Waals surface area contributed by atoms with Crippen molar-refractivity contribution in [3.63, 3.8) is 0 Å². The van der Waals surface area contributed by atoms with Crippen molar-refractivity contribution in [3.8, 4) is 11.3 Å². The zero-order valence-electron chi connectivity index (χ0n) is 8.17. The summed E-state index contributed by atoms with van der Waals surface area (Å²) in [5, 5.41) is 0.485. The molecule has 0 atom stereocenters. The van der Waals surface area contributed by atoms with Crippen molar-refractivity contribution < 1.29 is 1.37 Å². The van der Waals surface area contributed by atoms with Crippen LogP contribution in [-0.4, -0.2) is 4.98 Å². The fourth-order valence-electron chi connectivity index (χ4n) is 1.12. The van der Waals surface area contributed by atoms with Crippen LogP contribution in [0.5, 0.6) is 0 Å². The minimum atomic E-state index is 0.335. The topological polar surface area (TPSA) is 12.9 Å². The molecule has 1 nitrogen and oxygen atoms in total. The second-order valence-corrected chi connectivity index (χ2v) is 4.29. The molecule has 0 amide bonds. The molecule has 14 heavy (non-hydrogen) atoms. The summed E-state index contributed by atoms with van der Waals surface area (Å²) in [7, 11) is 0. The first kappa shape index (κ1) is 8.68. The average Bonchev–Trinajstić information content (AvgIpc) is 2.27. The van der Waals surface area contributed by atoms with E-state index in [9.17, 15) is 0 Å². The lowest BCUT2D eigenvalue weighted by molar-refractivity contribution is 1.32. The van der Waals surface area contributed by atoms with E-state index in [1.807, 2.05) is 30.3 Å². The van der Waals surface area contributed by atoms with Crippen LogP contribution in [0.3, 0.4) is 0 Å². The van der Waals surface area contributed by atoms with E-state index >= 15 is 0 Å². The fraction of sp³-hybridized carbons (Fsp3) is 0. The van der Waals surface area contributed by atoms with Gasteiger partial charge < -0.3 is 0 Å². The number of rotatable bonds is 1. The van der Waals surface area contributed by atoms with Crippen LogP contribution in [0.1, 0.15) is 1.37 Å². The zero-order chi connectivity index (χ0) is 10.8. The summed E-state index contributed by atoms with van der Waals surface area (Å²) in [5.74, 6) is 0. The van der Waals surface area contributed by atoms with Crippen molar-refractivity contribution in [2.45, 2.75) is 0 Å². The molecule has 0 unspecified atom stereocenters. The van der Waals surface area contributed by atoms with E-state index in [4.69, 9.17) is 13.0 Å². The summed E-state index contributed by atoms with van der Waals surface area (Å²) >= 11 is 8.12. The Balaban J connectivity index is 2.60. The van der Waals surface area contributed by atoms with Crippen LogP contribution < -0.4 is 0 Å². The van der Waals surface area contributed by atoms with Crippen LogP contribution in [0.2, 0.25) is 5.02 Å². The SMILES string of the molecule is [2H]c1c(-c2ccccn2)ccc(I)c1Cl. The minimum Gasteiger partial charge on any atom is -0.256 e. The van der Waals surface area contributed by atoms with Gasteiger partial charge in [-0.1, -0.05) is 23.7 Å². The normalized spacial score (nSPS) is 11.1. The maximum atomic E-state index is 7.90. The van der Waals surface area contributed by atoms with Crippen molar-refractivity contribution in [1.82, 2.24) is 4.98 Å². The van der Waals surface area contributed by atoms with Crippen molar-refractivity contribution >= 4 is 34.2 Å². The number of halogens is 2. The molecule has 1 aromatic carbocycles. The van der Waals surface area contributed by atoms with Gasteiger partial charge in [-0.15, -0.1) is 0 Å². The Bertz CT molecular complexity index is 487. The summed E-state index contributed by atoms with van der Waals surface area (Å²) < 4.78 is 8.78. The Morgan fingerprint density at radius 3 is 2.86 bits per heavy atom. The van der Waals surface area contributed by atoms with Crippen molar-refractivity contribution in [1.29, 1.82) is 0 Å². The number of hydrogen-bond donors (Lipinski definition) is 0. The molecule has 0 fully saturated rings. The maximum absolute atomic E-state index is 7.90. The largest absolute Gasteiger partial charge is 0.256 e. The molecular weight excluding hydrogens is 308 g/mol. The summed E-state index contributed by atoms with van der Waals surface area (Å²) in [6.07, 6.45) is 1.71. The number of benzene rings is 1. The molecule has 0 saturated heterocycles. The molecule has 0 aliphatic rings. The Labute approximate surface area is 103 Å². The third-order valence-corrected chi connectivity index (χ3v) is 3.31. The van der Waals surface area contributed by atoms with Crippen LogP contribution in [-0.2, 0) is 0 Å². The van der Waals surface area contributed by atoms with E-state index in [1.165, 1.54) is 0 Å². The zero-order valence-corrected chi connectivity index (χ0v) is 10.1. The highest BCUT2D eigenvalue weighted by molar-refractivity contribution is 14.1. The van der Waals surface area contributed by atoms with Gasteiger partial charge in [0.25, 0.3) is 0 Å². The summed E-state index contributed by atoms with van der Waals surface area (Å²) in [5.41, 5.74) is 1.54. The summed E-state index contributed by atoms with van der Waals surface area (Å²) in [6.45, 7) is 0. The first-order valence-electron chi connectivity index (χ1n) is 4.56. The molecule has 0 spiro atoms. The third kappa shape index (κ3) is 2.07. The van der Waals surface area contributed by atoms with Crippen LogP contribution in [0, 0.1) is 3.57 Å². The van der Waals surface area contributed by atoms with Crippen LogP contribution in [0.15, 0.2) is 42.6 Å². The predicted octanol–water partition coefficient (Wildman–Crippen LogP) is 4.01. The second-order valence-electron chi connectivity index (χ2n) is 2.75. The van der Waals surface area contributed by atoms with E-state index in [-0.39, 0.29) is 0 Å². The highest BCUT2D eigenvalue weighted by atomic mass is 127. The quantitative estimate of drug-likeness (QED) is 0.725. The molecule has 2 aromatic rings. The standard InChI is InChI=1S/C11H7ClIN/c12-9-7-8(4-5-10(9)13)11-3-1-2-6-14-11/h1-7H/i7D. The third-order valence-electron chi connectivity index (χ3n) is 1.79. The van der Waals surface area contributed by atoms with Gasteiger partial charge in [0.2, 0.25) is 0 Å². The van der Waals surface area contributed by atoms with Gasteiger partial charge in [-0.25, -0.2) is 0 Å². The van der Waals surface area contributed by atoms with E-state index < -0.39 is 0 Å². The lowest BCUT2D eigenvalue weighted by atomic mass is 10.1. The molecule has 0 saturated carbocycles. The molecule has 2 rings (SSSR count). The van der Waals surface area contributed by atoms with Crippen molar-refractivity contribution in [2.75, 3.05) is 0 Å². The molecule has 0 radical (unpaired) electrons. The number of aromatic nitrogens is 1. The molecular formula is C11H7ClIN. The lowest BCUT2D eigenvalue weighted by Crippen LogP contribution is -1.82. The highest BCUT2D eigenvalue weighted by Gasteiger charge is 2.01. The number of pyridine rings is 1. The van der Waals surface area contributed by atoms with E-state index in [0.717, 1.165) is 14.8 Å². The number of hydrogen-bond acceptors (Lipinski definition) is 1. The molecule has 0 N–H and O–H groups in total. The predicted molar refractivity (Wildman–Crippen MR) is 67.4 cm³/mol. The molecule has 0 bridgehead atoms. The van der Waals surface area contributed by atoms with Gasteiger partial charge in [-0.2, -0.15) is 0 Å². The van der Waals surface area contributed by atoms with Gasteiger partial charge in [-0.05, 0) is 46.8 Å². The van der Waals surface area contributed by atoms with Crippen molar-refractivity contribution in [3.05, 3.63) is 51.2 Å². The average molecular weight is 317 g/mol. The fourth-order valence-corrected chi connectivity index (χ4v) is 1.60. The Kier molecular flexibility index (Phi) is 2.65. The van der Waals surface area contributed by atoms with E-state index in [0.29, 0.717) is 11.1 Å². The van der Waals surface area contributed by atoms with Gasteiger partial charge >= 0.3 is 0 Å². The van der Waals surface area contributed by atoms with Crippen molar-refractivity contribution in [2.24, 2.45) is 0 Å². The summed E-state index contributed by atoms with van der Waals surface area (Å²) in [4.78, 5) is 4.20. The second kappa shape index (κ2) is 4.28. The van der Waals surface area contributed by atoms with Crippen LogP contribution in [0.4, 0.5) is 0 Å². The highest BCUT2D eigenvalue weighted by Crippen LogP contribution is 2.24. The smallest absolute Gasteiger partial charge is 0.0702 e. The number of nitrogens with zero attached hydrogens (tertiary/aromatic N) is 1. The van der Waals surface area contributed by atoms with Crippen LogP contribution >= 0.6 is 34.2 Å². The Morgan fingerprint density at radius 2 is 2.14 bits per heavy atom. The van der Waals surface area contributed by atoms with Gasteiger partial charge in [0.1, 0.15) is 0 Å². The van der Waals surface area contributed by atoms with Gasteiger partial charge in [0, 0.05) is 15.3 Å². The Morgan fingerprint density at radius 1 is 1.29 bits per heavy atom. The monoisotopic (exact) mass is 316 g/mol. The summed E-state index contributed by atoms with van der Waals surface area (Å²) in [6, 6.07) is 9.72.